The first-order valence-corrected chi connectivity index (χ1v) is 8.55. The maximum atomic E-state index is 12.8. The van der Waals surface area contributed by atoms with Crippen molar-refractivity contribution < 1.29 is 4.92 Å². The first-order chi connectivity index (χ1) is 13.4. The number of benzene rings is 2. The van der Waals surface area contributed by atoms with E-state index in [4.69, 9.17) is 0 Å². The van der Waals surface area contributed by atoms with Gasteiger partial charge in [-0.2, -0.15) is 4.68 Å². The third kappa shape index (κ3) is 3.13. The minimum Gasteiger partial charge on any atom is -0.293 e. The molecule has 140 valence electrons. The topological polar surface area (TPSA) is 109 Å². The third-order valence-electron chi connectivity index (χ3n) is 4.38. The minimum atomic E-state index is -0.463. The molecular weight excluding hydrogens is 360 g/mol. The lowest BCUT2D eigenvalue weighted by Gasteiger charge is -2.07. The Bertz CT molecular complexity index is 1240. The van der Waals surface area contributed by atoms with Gasteiger partial charge in [-0.3, -0.25) is 19.5 Å². The summed E-state index contributed by atoms with van der Waals surface area (Å²) in [6.07, 6.45) is 1.44. The van der Waals surface area contributed by atoms with Crippen LogP contribution >= 0.6 is 0 Å². The highest BCUT2D eigenvalue weighted by molar-refractivity contribution is 5.70. The molecule has 2 heterocycles. The molecule has 0 aliphatic heterocycles. The van der Waals surface area contributed by atoms with Crippen LogP contribution in [0.4, 0.5) is 5.69 Å². The Kier molecular flexibility index (Phi) is 4.19. The first kappa shape index (κ1) is 17.5. The maximum absolute atomic E-state index is 12.8. The zero-order valence-corrected chi connectivity index (χ0v) is 15.2. The van der Waals surface area contributed by atoms with Crippen LogP contribution in [0.15, 0.2) is 53.6 Å². The predicted molar refractivity (Wildman–Crippen MR) is 103 cm³/mol. The molecule has 0 fully saturated rings. The molecule has 9 nitrogen and oxygen atoms in total. The van der Waals surface area contributed by atoms with Crippen molar-refractivity contribution in [1.82, 2.24) is 24.5 Å². The Morgan fingerprint density at radius 3 is 2.39 bits per heavy atom. The fourth-order valence-electron chi connectivity index (χ4n) is 3.12. The number of nitrogens with zero attached hydrogens (tertiary/aromatic N) is 6. The van der Waals surface area contributed by atoms with E-state index in [0.717, 1.165) is 22.4 Å². The Morgan fingerprint density at radius 1 is 1.07 bits per heavy atom. The van der Waals surface area contributed by atoms with E-state index in [1.54, 1.807) is 16.8 Å². The Morgan fingerprint density at radius 2 is 1.75 bits per heavy atom. The number of fused-ring (bicyclic) bond motifs is 1. The molecule has 0 bridgehead atoms. The summed E-state index contributed by atoms with van der Waals surface area (Å²) >= 11 is 0. The number of rotatable bonds is 4. The fourth-order valence-corrected chi connectivity index (χ4v) is 3.12. The summed E-state index contributed by atoms with van der Waals surface area (Å²) in [6.45, 7) is 4.21. The summed E-state index contributed by atoms with van der Waals surface area (Å²) in [7, 11) is 0. The minimum absolute atomic E-state index is 0.000986. The highest BCUT2D eigenvalue weighted by Gasteiger charge is 2.14. The van der Waals surface area contributed by atoms with Crippen molar-refractivity contribution in [3.05, 3.63) is 86.0 Å². The molecule has 0 unspecified atom stereocenters. The number of hydrogen-bond acceptors (Lipinski definition) is 6. The average Bonchev–Trinajstić information content (AvgIpc) is 3.08. The highest BCUT2D eigenvalue weighted by Crippen LogP contribution is 2.16. The van der Waals surface area contributed by atoms with E-state index in [1.165, 1.54) is 23.0 Å². The van der Waals surface area contributed by atoms with Crippen molar-refractivity contribution >= 4 is 16.9 Å². The standard InChI is InChI=1S/C19H16N6O3/c1-12-7-13(2)9-16(8-12)24-18-17(21-22-24)19(26)23(11-20-18)10-14-3-5-15(6-4-14)25(27)28/h3-9,11H,10H2,1-2H3. The molecule has 0 saturated heterocycles. The van der Waals surface area contributed by atoms with Crippen molar-refractivity contribution in [2.75, 3.05) is 0 Å². The van der Waals surface area contributed by atoms with Crippen LogP contribution in [-0.2, 0) is 6.54 Å². The van der Waals surface area contributed by atoms with Crippen LogP contribution in [0.1, 0.15) is 16.7 Å². The van der Waals surface area contributed by atoms with Crippen molar-refractivity contribution in [3.8, 4) is 5.69 Å². The maximum Gasteiger partial charge on any atom is 0.283 e. The van der Waals surface area contributed by atoms with Gasteiger partial charge in [-0.1, -0.05) is 23.4 Å². The van der Waals surface area contributed by atoms with Crippen LogP contribution in [0.5, 0.6) is 0 Å². The van der Waals surface area contributed by atoms with Gasteiger partial charge >= 0.3 is 0 Å². The number of aromatic nitrogens is 5. The van der Waals surface area contributed by atoms with Gasteiger partial charge in [0.15, 0.2) is 11.2 Å². The highest BCUT2D eigenvalue weighted by atomic mass is 16.6. The predicted octanol–water partition coefficient (Wildman–Crippen LogP) is 2.55. The van der Waals surface area contributed by atoms with Gasteiger partial charge in [0.25, 0.3) is 11.2 Å². The van der Waals surface area contributed by atoms with Gasteiger partial charge in [-0.05, 0) is 42.7 Å². The molecule has 0 aliphatic rings. The van der Waals surface area contributed by atoms with E-state index < -0.39 is 4.92 Å². The van der Waals surface area contributed by atoms with E-state index in [2.05, 4.69) is 15.3 Å². The molecule has 0 saturated carbocycles. The summed E-state index contributed by atoms with van der Waals surface area (Å²) in [6, 6.07) is 12.0. The number of nitro groups is 1. The molecule has 4 aromatic rings. The van der Waals surface area contributed by atoms with Crippen molar-refractivity contribution in [3.63, 3.8) is 0 Å². The molecule has 28 heavy (non-hydrogen) atoms. The first-order valence-electron chi connectivity index (χ1n) is 8.55. The second-order valence-corrected chi connectivity index (χ2v) is 6.62. The van der Waals surface area contributed by atoms with Gasteiger partial charge in [0.05, 0.1) is 17.2 Å². The summed E-state index contributed by atoms with van der Waals surface area (Å²) in [5, 5.41) is 18.9. The summed E-state index contributed by atoms with van der Waals surface area (Å²) in [4.78, 5) is 27.4. The second kappa shape index (κ2) is 6.69. The Balaban J connectivity index is 1.72. The Labute approximate surface area is 159 Å². The summed E-state index contributed by atoms with van der Waals surface area (Å²) in [5.41, 5.74) is 3.92. The molecular formula is C19H16N6O3. The van der Waals surface area contributed by atoms with Crippen molar-refractivity contribution in [1.29, 1.82) is 0 Å². The molecule has 4 rings (SSSR count). The molecule has 0 aliphatic carbocycles. The molecule has 0 N–H and O–H groups in total. The van der Waals surface area contributed by atoms with Crippen LogP contribution in [-0.4, -0.2) is 29.5 Å². The molecule has 0 spiro atoms. The number of non-ortho nitro benzene ring substituents is 1. The van der Waals surface area contributed by atoms with E-state index in [0.29, 0.717) is 5.65 Å². The molecule has 0 atom stereocenters. The average molecular weight is 376 g/mol. The van der Waals surface area contributed by atoms with Crippen LogP contribution in [0.25, 0.3) is 16.9 Å². The summed E-state index contributed by atoms with van der Waals surface area (Å²) in [5.74, 6) is 0. The van der Waals surface area contributed by atoms with E-state index in [1.807, 2.05) is 32.0 Å². The quantitative estimate of drug-likeness (QED) is 0.400. The number of hydrogen-bond donors (Lipinski definition) is 0. The zero-order chi connectivity index (χ0) is 19.8. The van der Waals surface area contributed by atoms with Gasteiger partial charge in [-0.25, -0.2) is 4.98 Å². The van der Waals surface area contributed by atoms with Gasteiger partial charge < -0.3 is 0 Å². The van der Waals surface area contributed by atoms with Gasteiger partial charge in [-0.15, -0.1) is 5.10 Å². The van der Waals surface area contributed by atoms with Crippen LogP contribution in [0.2, 0.25) is 0 Å². The molecule has 2 aromatic heterocycles. The van der Waals surface area contributed by atoms with E-state index in [9.17, 15) is 14.9 Å². The van der Waals surface area contributed by atoms with Crippen molar-refractivity contribution in [2.45, 2.75) is 20.4 Å². The van der Waals surface area contributed by atoms with Gasteiger partial charge in [0, 0.05) is 12.1 Å². The van der Waals surface area contributed by atoms with Gasteiger partial charge in [0.2, 0.25) is 0 Å². The smallest absolute Gasteiger partial charge is 0.283 e. The molecule has 9 heteroatoms. The molecule has 0 amide bonds. The molecule has 0 radical (unpaired) electrons. The number of nitro benzene ring substituents is 1. The largest absolute Gasteiger partial charge is 0.293 e. The van der Waals surface area contributed by atoms with E-state index in [-0.39, 0.29) is 23.3 Å². The zero-order valence-electron chi connectivity index (χ0n) is 15.2. The van der Waals surface area contributed by atoms with Crippen molar-refractivity contribution in [2.24, 2.45) is 0 Å². The lowest BCUT2D eigenvalue weighted by atomic mass is 10.1. The summed E-state index contributed by atoms with van der Waals surface area (Å²) < 4.78 is 2.96. The van der Waals surface area contributed by atoms with Crippen LogP contribution in [0.3, 0.4) is 0 Å². The van der Waals surface area contributed by atoms with Crippen LogP contribution in [0, 0.1) is 24.0 Å². The van der Waals surface area contributed by atoms with Crippen LogP contribution < -0.4 is 5.56 Å². The number of aryl methyl sites for hydroxylation is 2. The molecule has 2 aromatic carbocycles. The second-order valence-electron chi connectivity index (χ2n) is 6.62. The lowest BCUT2D eigenvalue weighted by molar-refractivity contribution is -0.384. The van der Waals surface area contributed by atoms with Gasteiger partial charge in [0.1, 0.15) is 6.33 Å². The fraction of sp³-hybridized carbons (Fsp3) is 0.158. The Hall–Kier alpha value is -3.88. The van der Waals surface area contributed by atoms with E-state index >= 15 is 0 Å². The SMILES string of the molecule is Cc1cc(C)cc(-n2nnc3c(=O)n(Cc4ccc([N+](=O)[O-])cc4)cnc32)c1. The monoisotopic (exact) mass is 376 g/mol. The normalized spacial score (nSPS) is 11.1. The lowest BCUT2D eigenvalue weighted by Crippen LogP contribution is -2.21. The third-order valence-corrected chi connectivity index (χ3v) is 4.38.